The van der Waals surface area contributed by atoms with E-state index >= 15 is 0 Å². The molecule has 0 aromatic heterocycles. The topological polar surface area (TPSA) is 12.0 Å². The van der Waals surface area contributed by atoms with Crippen molar-refractivity contribution in [2.75, 3.05) is 4.72 Å². The van der Waals surface area contributed by atoms with Crippen LogP contribution in [0.25, 0.3) is 0 Å². The van der Waals surface area contributed by atoms with E-state index in [0.717, 1.165) is 0 Å². The molecule has 1 N–H and O–H groups in total. The van der Waals surface area contributed by atoms with Crippen molar-refractivity contribution < 1.29 is 0 Å². The first-order valence-electron chi connectivity index (χ1n) is 5.12. The lowest BCUT2D eigenvalue weighted by Gasteiger charge is -2.12. The van der Waals surface area contributed by atoms with Gasteiger partial charge in [0.15, 0.2) is 0 Å². The number of nitrogens with one attached hydrogen (secondary N) is 1. The van der Waals surface area contributed by atoms with E-state index in [4.69, 9.17) is 0 Å². The van der Waals surface area contributed by atoms with Gasteiger partial charge in [-0.2, -0.15) is 0 Å². The van der Waals surface area contributed by atoms with Gasteiger partial charge in [0.2, 0.25) is 0 Å². The summed E-state index contributed by atoms with van der Waals surface area (Å²) in [6, 6.07) is 10.3. The Labute approximate surface area is 89.7 Å². The Morgan fingerprint density at radius 3 is 2.64 bits per heavy atom. The highest BCUT2D eigenvalue weighted by Crippen LogP contribution is 2.28. The van der Waals surface area contributed by atoms with Crippen LogP contribution in [-0.2, 0) is 0 Å². The van der Waals surface area contributed by atoms with Gasteiger partial charge in [-0.05, 0) is 49.8 Å². The van der Waals surface area contributed by atoms with Gasteiger partial charge in [0.25, 0.3) is 0 Å². The molecule has 0 atom stereocenters. The fraction of sp³-hybridized carbons (Fsp3) is 0.333. The molecule has 74 valence electrons. The first-order chi connectivity index (χ1) is 6.95. The molecule has 0 bridgehead atoms. The molecular formula is C12H15NS. The lowest BCUT2D eigenvalue weighted by molar-refractivity contribution is 0.723. The van der Waals surface area contributed by atoms with Crippen molar-refractivity contribution in [3.8, 4) is 0 Å². The van der Waals surface area contributed by atoms with E-state index in [0.29, 0.717) is 0 Å². The average Bonchev–Trinajstić information content (AvgIpc) is 2.29. The molecule has 1 aliphatic carbocycles. The average molecular weight is 205 g/mol. The Morgan fingerprint density at radius 1 is 1.07 bits per heavy atom. The van der Waals surface area contributed by atoms with Crippen LogP contribution in [0.2, 0.25) is 0 Å². The first-order valence-corrected chi connectivity index (χ1v) is 5.94. The summed E-state index contributed by atoms with van der Waals surface area (Å²) >= 11 is 1.76. The summed E-state index contributed by atoms with van der Waals surface area (Å²) in [4.78, 5) is 1.49. The highest BCUT2D eigenvalue weighted by atomic mass is 32.2. The second-order valence-electron chi connectivity index (χ2n) is 3.49. The normalized spacial score (nSPS) is 16.1. The van der Waals surface area contributed by atoms with Crippen molar-refractivity contribution >= 4 is 17.6 Å². The third-order valence-electron chi connectivity index (χ3n) is 2.32. The molecule has 1 aromatic carbocycles. The van der Waals surface area contributed by atoms with Crippen LogP contribution in [-0.4, -0.2) is 0 Å². The van der Waals surface area contributed by atoms with Gasteiger partial charge in [0.05, 0.1) is 0 Å². The van der Waals surface area contributed by atoms with Gasteiger partial charge in [0.1, 0.15) is 0 Å². The van der Waals surface area contributed by atoms with Crippen LogP contribution in [0.5, 0.6) is 0 Å². The van der Waals surface area contributed by atoms with Crippen molar-refractivity contribution in [2.45, 2.75) is 25.7 Å². The maximum Gasteiger partial charge on any atom is 0.0443 e. The van der Waals surface area contributed by atoms with Crippen LogP contribution in [0.4, 0.5) is 5.69 Å². The molecule has 2 rings (SSSR count). The zero-order valence-corrected chi connectivity index (χ0v) is 9.02. The zero-order valence-electron chi connectivity index (χ0n) is 8.20. The van der Waals surface area contributed by atoms with Crippen LogP contribution < -0.4 is 4.72 Å². The van der Waals surface area contributed by atoms with Crippen LogP contribution in [0.15, 0.2) is 41.3 Å². The lowest BCUT2D eigenvalue weighted by atomic mass is 10.1. The number of allylic oxidation sites excluding steroid dienone is 2. The summed E-state index contributed by atoms with van der Waals surface area (Å²) < 4.78 is 3.36. The fourth-order valence-corrected chi connectivity index (χ4v) is 2.36. The monoisotopic (exact) mass is 205 g/mol. The van der Waals surface area contributed by atoms with Gasteiger partial charge in [0, 0.05) is 10.6 Å². The molecule has 0 aliphatic heterocycles. The molecule has 0 saturated heterocycles. The second kappa shape index (κ2) is 5.11. The molecule has 0 amide bonds. The second-order valence-corrected chi connectivity index (χ2v) is 4.42. The van der Waals surface area contributed by atoms with E-state index in [1.165, 1.54) is 36.3 Å². The summed E-state index contributed by atoms with van der Waals surface area (Å²) in [5.41, 5.74) is 1.18. The predicted molar refractivity (Wildman–Crippen MR) is 64.2 cm³/mol. The van der Waals surface area contributed by atoms with E-state index in [1.807, 2.05) is 6.07 Å². The number of hydrogen-bond acceptors (Lipinski definition) is 2. The summed E-state index contributed by atoms with van der Waals surface area (Å²) in [5, 5.41) is 0. The van der Waals surface area contributed by atoms with Crippen molar-refractivity contribution in [1.29, 1.82) is 0 Å². The zero-order chi connectivity index (χ0) is 9.64. The minimum atomic E-state index is 1.18. The third kappa shape index (κ3) is 2.81. The molecule has 0 heterocycles. The fourth-order valence-electron chi connectivity index (χ4n) is 1.53. The number of para-hydroxylation sites is 1. The van der Waals surface area contributed by atoms with Crippen LogP contribution in [0.3, 0.4) is 0 Å². The number of hydrogen-bond donors (Lipinski definition) is 1. The minimum Gasteiger partial charge on any atom is -0.326 e. The lowest BCUT2D eigenvalue weighted by Crippen LogP contribution is -1.92. The predicted octanol–water partition coefficient (Wildman–Crippen LogP) is 4.20. The van der Waals surface area contributed by atoms with Gasteiger partial charge in [-0.3, -0.25) is 0 Å². The Kier molecular flexibility index (Phi) is 3.52. The minimum absolute atomic E-state index is 1.18. The van der Waals surface area contributed by atoms with E-state index in [1.54, 1.807) is 11.9 Å². The molecule has 0 saturated carbocycles. The van der Waals surface area contributed by atoms with Gasteiger partial charge in [-0.25, -0.2) is 0 Å². The molecule has 0 fully saturated rings. The number of rotatable bonds is 3. The molecule has 14 heavy (non-hydrogen) atoms. The molecule has 0 unspecified atom stereocenters. The maximum atomic E-state index is 3.36. The molecular weight excluding hydrogens is 190 g/mol. The van der Waals surface area contributed by atoms with E-state index in [2.05, 4.69) is 35.1 Å². The van der Waals surface area contributed by atoms with E-state index in [-0.39, 0.29) is 0 Å². The van der Waals surface area contributed by atoms with Gasteiger partial charge in [-0.1, -0.05) is 24.3 Å². The molecule has 0 spiro atoms. The highest BCUT2D eigenvalue weighted by molar-refractivity contribution is 8.04. The van der Waals surface area contributed by atoms with Crippen LogP contribution >= 0.6 is 11.9 Å². The third-order valence-corrected chi connectivity index (χ3v) is 3.29. The quantitative estimate of drug-likeness (QED) is 0.742. The Morgan fingerprint density at radius 2 is 1.93 bits per heavy atom. The largest absolute Gasteiger partial charge is 0.326 e. The first kappa shape index (κ1) is 9.66. The van der Waals surface area contributed by atoms with Gasteiger partial charge >= 0.3 is 0 Å². The summed E-state index contributed by atoms with van der Waals surface area (Å²) in [5.74, 6) is 0. The summed E-state index contributed by atoms with van der Waals surface area (Å²) in [6.07, 6.45) is 7.54. The Balaban J connectivity index is 1.85. The highest BCUT2D eigenvalue weighted by Gasteiger charge is 2.03. The van der Waals surface area contributed by atoms with Gasteiger partial charge in [-0.15, -0.1) is 0 Å². The Bertz CT molecular complexity index is 305. The molecule has 1 nitrogen and oxygen atoms in total. The van der Waals surface area contributed by atoms with Crippen LogP contribution in [0.1, 0.15) is 25.7 Å². The summed E-state index contributed by atoms with van der Waals surface area (Å²) in [7, 11) is 0. The molecule has 1 aromatic rings. The van der Waals surface area contributed by atoms with Crippen molar-refractivity contribution in [2.24, 2.45) is 0 Å². The standard InChI is InChI=1S/C12H15NS/c1-3-7-11(8-4-1)13-14-12-9-5-2-6-10-12/h1,3-4,7-9,13H,2,5-6,10H2. The van der Waals surface area contributed by atoms with Crippen molar-refractivity contribution in [3.05, 3.63) is 41.3 Å². The number of anilines is 1. The molecule has 2 heteroatoms. The van der Waals surface area contributed by atoms with Crippen molar-refractivity contribution in [3.63, 3.8) is 0 Å². The SMILES string of the molecule is C1=C(SNc2ccccc2)CCCC1. The number of benzene rings is 1. The van der Waals surface area contributed by atoms with E-state index in [9.17, 15) is 0 Å². The maximum absolute atomic E-state index is 3.36. The Hall–Kier alpha value is -0.890. The van der Waals surface area contributed by atoms with Crippen molar-refractivity contribution in [1.82, 2.24) is 0 Å². The smallest absolute Gasteiger partial charge is 0.0443 e. The van der Waals surface area contributed by atoms with Gasteiger partial charge < -0.3 is 4.72 Å². The summed E-state index contributed by atoms with van der Waals surface area (Å²) in [6.45, 7) is 0. The van der Waals surface area contributed by atoms with Crippen LogP contribution in [0, 0.1) is 0 Å². The van der Waals surface area contributed by atoms with E-state index < -0.39 is 0 Å². The molecule has 0 radical (unpaired) electrons. The molecule has 1 aliphatic rings.